The van der Waals surface area contributed by atoms with Crippen LogP contribution in [0, 0.1) is 6.92 Å². The molecule has 1 aliphatic heterocycles. The SMILES string of the molecule is C=CCN=C1Nc2ccccc2[C@@H]([C@H](O)c2ccccc2)N1c1ccc(C)cc1. The van der Waals surface area contributed by atoms with Crippen LogP contribution in [0.25, 0.3) is 0 Å². The number of rotatable bonds is 5. The van der Waals surface area contributed by atoms with Crippen LogP contribution in [-0.4, -0.2) is 17.6 Å². The molecule has 0 spiro atoms. The summed E-state index contributed by atoms with van der Waals surface area (Å²) in [4.78, 5) is 6.80. The van der Waals surface area contributed by atoms with Gasteiger partial charge in [0, 0.05) is 16.9 Å². The van der Waals surface area contributed by atoms with Crippen LogP contribution < -0.4 is 10.2 Å². The zero-order valence-electron chi connectivity index (χ0n) is 16.5. The minimum absolute atomic E-state index is 0.318. The fraction of sp³-hybridized carbons (Fsp3) is 0.160. The molecule has 0 aliphatic carbocycles. The molecule has 4 rings (SSSR count). The van der Waals surface area contributed by atoms with Crippen LogP contribution in [0.3, 0.4) is 0 Å². The fourth-order valence-electron chi connectivity index (χ4n) is 3.72. The van der Waals surface area contributed by atoms with E-state index in [0.29, 0.717) is 12.5 Å². The average molecular weight is 383 g/mol. The van der Waals surface area contributed by atoms with Gasteiger partial charge in [-0.25, -0.2) is 4.99 Å². The number of aliphatic imine (C=N–C) groups is 1. The number of aliphatic hydroxyl groups excluding tert-OH is 1. The molecule has 0 radical (unpaired) electrons. The predicted octanol–water partition coefficient (Wildman–Crippen LogP) is 5.24. The summed E-state index contributed by atoms with van der Waals surface area (Å²) in [5, 5.41) is 14.9. The third kappa shape index (κ3) is 3.80. The largest absolute Gasteiger partial charge is 0.386 e. The topological polar surface area (TPSA) is 47.9 Å². The molecule has 0 bridgehead atoms. The highest BCUT2D eigenvalue weighted by Crippen LogP contribution is 2.43. The first-order valence-electron chi connectivity index (χ1n) is 9.79. The van der Waals surface area contributed by atoms with E-state index in [9.17, 15) is 5.11 Å². The van der Waals surface area contributed by atoms with Gasteiger partial charge >= 0.3 is 0 Å². The molecule has 3 aromatic rings. The highest BCUT2D eigenvalue weighted by molar-refractivity contribution is 6.08. The second-order valence-corrected chi connectivity index (χ2v) is 7.17. The van der Waals surface area contributed by atoms with Gasteiger partial charge in [-0.2, -0.15) is 0 Å². The van der Waals surface area contributed by atoms with Crippen molar-refractivity contribution in [2.24, 2.45) is 4.99 Å². The van der Waals surface area contributed by atoms with Gasteiger partial charge in [-0.05, 0) is 30.7 Å². The number of aryl methyl sites for hydroxylation is 1. The molecule has 29 heavy (non-hydrogen) atoms. The van der Waals surface area contributed by atoms with Crippen molar-refractivity contribution < 1.29 is 5.11 Å². The van der Waals surface area contributed by atoms with Crippen LogP contribution in [0.4, 0.5) is 11.4 Å². The maximum Gasteiger partial charge on any atom is 0.204 e. The fourth-order valence-corrected chi connectivity index (χ4v) is 3.72. The van der Waals surface area contributed by atoms with E-state index in [2.05, 4.69) is 54.1 Å². The molecule has 1 aliphatic rings. The van der Waals surface area contributed by atoms with E-state index in [-0.39, 0.29) is 6.04 Å². The first kappa shape index (κ1) is 19.0. The van der Waals surface area contributed by atoms with Gasteiger partial charge in [-0.15, -0.1) is 6.58 Å². The second-order valence-electron chi connectivity index (χ2n) is 7.17. The van der Waals surface area contributed by atoms with Crippen molar-refractivity contribution in [2.45, 2.75) is 19.1 Å². The van der Waals surface area contributed by atoms with Crippen molar-refractivity contribution in [3.8, 4) is 0 Å². The molecular weight excluding hydrogens is 358 g/mol. The monoisotopic (exact) mass is 383 g/mol. The number of nitrogens with one attached hydrogen (secondary N) is 1. The lowest BCUT2D eigenvalue weighted by Gasteiger charge is -2.42. The summed E-state index contributed by atoms with van der Waals surface area (Å²) in [7, 11) is 0. The van der Waals surface area contributed by atoms with Gasteiger partial charge in [0.25, 0.3) is 0 Å². The molecule has 4 heteroatoms. The summed E-state index contributed by atoms with van der Waals surface area (Å²) >= 11 is 0. The predicted molar refractivity (Wildman–Crippen MR) is 120 cm³/mol. The van der Waals surface area contributed by atoms with Crippen molar-refractivity contribution in [2.75, 3.05) is 16.8 Å². The number of anilines is 2. The molecule has 0 fully saturated rings. The van der Waals surface area contributed by atoms with E-state index in [1.54, 1.807) is 6.08 Å². The van der Waals surface area contributed by atoms with Crippen molar-refractivity contribution in [1.29, 1.82) is 0 Å². The Morgan fingerprint density at radius 3 is 2.45 bits per heavy atom. The number of para-hydroxylation sites is 1. The number of guanidine groups is 1. The van der Waals surface area contributed by atoms with Gasteiger partial charge in [0.1, 0.15) is 6.10 Å². The summed E-state index contributed by atoms with van der Waals surface area (Å²) in [6, 6.07) is 25.8. The van der Waals surface area contributed by atoms with Gasteiger partial charge in [0.15, 0.2) is 0 Å². The molecule has 0 saturated carbocycles. The van der Waals surface area contributed by atoms with Gasteiger partial charge in [-0.3, -0.25) is 0 Å². The van der Waals surface area contributed by atoms with Crippen LogP contribution in [0.2, 0.25) is 0 Å². The summed E-state index contributed by atoms with van der Waals surface area (Å²) < 4.78 is 0. The molecule has 4 nitrogen and oxygen atoms in total. The number of nitrogens with zero attached hydrogens (tertiary/aromatic N) is 2. The highest BCUT2D eigenvalue weighted by Gasteiger charge is 2.37. The van der Waals surface area contributed by atoms with Crippen LogP contribution in [-0.2, 0) is 0 Å². The quantitative estimate of drug-likeness (QED) is 0.592. The van der Waals surface area contributed by atoms with Gasteiger partial charge in [-0.1, -0.05) is 72.3 Å². The van der Waals surface area contributed by atoms with Crippen LogP contribution >= 0.6 is 0 Å². The number of aliphatic hydroxyl groups is 1. The number of fused-ring (bicyclic) bond motifs is 1. The van der Waals surface area contributed by atoms with E-state index < -0.39 is 6.10 Å². The van der Waals surface area contributed by atoms with E-state index in [0.717, 1.165) is 22.5 Å². The first-order valence-corrected chi connectivity index (χ1v) is 9.79. The Labute approximate surface area is 171 Å². The third-order valence-electron chi connectivity index (χ3n) is 5.15. The second kappa shape index (κ2) is 8.33. The minimum Gasteiger partial charge on any atom is -0.386 e. The molecular formula is C25H25N3O. The number of hydrogen-bond acceptors (Lipinski definition) is 2. The van der Waals surface area contributed by atoms with E-state index in [4.69, 9.17) is 4.99 Å². The van der Waals surface area contributed by atoms with Gasteiger partial charge in [0.2, 0.25) is 5.96 Å². The molecule has 3 aromatic carbocycles. The standard InChI is InChI=1S/C25H25N3O/c1-3-17-26-25-27-22-12-8-7-11-21(22)23(24(29)19-9-5-4-6-10-19)28(25)20-15-13-18(2)14-16-20/h3-16,23-24,29H,1,17H2,2H3,(H,26,27)/t23-,24+/m0/s1. The van der Waals surface area contributed by atoms with E-state index in [1.165, 1.54) is 5.56 Å². The maximum atomic E-state index is 11.5. The van der Waals surface area contributed by atoms with Crippen molar-refractivity contribution in [1.82, 2.24) is 0 Å². The van der Waals surface area contributed by atoms with Crippen molar-refractivity contribution >= 4 is 17.3 Å². The van der Waals surface area contributed by atoms with Crippen LogP contribution in [0.1, 0.15) is 28.8 Å². The normalized spacial score (nSPS) is 18.1. The Morgan fingerprint density at radius 1 is 1.03 bits per heavy atom. The Kier molecular flexibility index (Phi) is 5.45. The summed E-state index contributed by atoms with van der Waals surface area (Å²) in [6.07, 6.45) is 1.04. The average Bonchev–Trinajstić information content (AvgIpc) is 2.77. The van der Waals surface area contributed by atoms with E-state index >= 15 is 0 Å². The van der Waals surface area contributed by atoms with Gasteiger partial charge < -0.3 is 15.3 Å². The molecule has 0 aromatic heterocycles. The summed E-state index contributed by atoms with van der Waals surface area (Å²) in [5.74, 6) is 0.701. The molecule has 146 valence electrons. The maximum absolute atomic E-state index is 11.5. The van der Waals surface area contributed by atoms with Crippen molar-refractivity contribution in [3.05, 3.63) is 108 Å². The molecule has 2 N–H and O–H groups in total. The Hall–Kier alpha value is -3.37. The Morgan fingerprint density at radius 2 is 1.72 bits per heavy atom. The third-order valence-corrected chi connectivity index (χ3v) is 5.15. The van der Waals surface area contributed by atoms with Gasteiger partial charge in [0.05, 0.1) is 12.6 Å². The molecule has 0 unspecified atom stereocenters. The minimum atomic E-state index is -0.727. The highest BCUT2D eigenvalue weighted by atomic mass is 16.3. The zero-order valence-corrected chi connectivity index (χ0v) is 16.5. The smallest absolute Gasteiger partial charge is 0.204 e. The lowest BCUT2D eigenvalue weighted by Crippen LogP contribution is -2.46. The number of hydrogen-bond donors (Lipinski definition) is 2. The zero-order chi connectivity index (χ0) is 20.2. The number of benzene rings is 3. The molecule has 0 saturated heterocycles. The Balaban J connectivity index is 1.90. The molecule has 0 amide bonds. The lowest BCUT2D eigenvalue weighted by atomic mass is 9.91. The summed E-state index contributed by atoms with van der Waals surface area (Å²) in [6.45, 7) is 6.35. The molecule has 1 heterocycles. The summed E-state index contributed by atoms with van der Waals surface area (Å²) in [5.41, 5.74) is 5.01. The van der Waals surface area contributed by atoms with Crippen LogP contribution in [0.5, 0.6) is 0 Å². The van der Waals surface area contributed by atoms with E-state index in [1.807, 2.05) is 48.5 Å². The first-order chi connectivity index (χ1) is 14.2. The lowest BCUT2D eigenvalue weighted by molar-refractivity contribution is 0.147. The Bertz CT molecular complexity index is 1010. The van der Waals surface area contributed by atoms with Crippen LogP contribution in [0.15, 0.2) is 96.5 Å². The molecule has 2 atom stereocenters. The van der Waals surface area contributed by atoms with Crippen molar-refractivity contribution in [3.63, 3.8) is 0 Å².